The lowest BCUT2D eigenvalue weighted by atomic mass is 9.60. The zero-order chi connectivity index (χ0) is 8.40. The van der Waals surface area contributed by atoms with Crippen molar-refractivity contribution in [1.29, 1.82) is 0 Å². The van der Waals surface area contributed by atoms with Gasteiger partial charge in [-0.05, 0) is 34.8 Å². The second-order valence-corrected chi connectivity index (χ2v) is 5.02. The van der Waals surface area contributed by atoms with E-state index in [-0.39, 0.29) is 0 Å². The molecule has 3 aliphatic carbocycles. The molecule has 1 saturated carbocycles. The highest BCUT2D eigenvalue weighted by Crippen LogP contribution is 2.64. The molecule has 1 aromatic carbocycles. The van der Waals surface area contributed by atoms with Gasteiger partial charge in [0.2, 0.25) is 0 Å². The van der Waals surface area contributed by atoms with Gasteiger partial charge in [-0.2, -0.15) is 0 Å². The normalized spacial score (nSPS) is 42.2. The van der Waals surface area contributed by atoms with Gasteiger partial charge in [0.25, 0.3) is 0 Å². The summed E-state index contributed by atoms with van der Waals surface area (Å²) >= 11 is 0. The van der Waals surface area contributed by atoms with E-state index in [9.17, 15) is 0 Å². The van der Waals surface area contributed by atoms with Crippen LogP contribution in [0.25, 0.3) is 0 Å². The predicted octanol–water partition coefficient (Wildman–Crippen LogP) is 3.01. The Morgan fingerprint density at radius 2 is 1.33 bits per heavy atom. The Bertz CT molecular complexity index is 310. The maximum Gasteiger partial charge on any atom is -0.00556 e. The van der Waals surface area contributed by atoms with Crippen LogP contribution in [0.2, 0.25) is 0 Å². The molecule has 0 heterocycles. The molecule has 1 fully saturated rings. The van der Waals surface area contributed by atoms with Crippen LogP contribution in [-0.2, 0) is 10.8 Å². The van der Waals surface area contributed by atoms with Gasteiger partial charge < -0.3 is 0 Å². The first-order valence-electron chi connectivity index (χ1n) is 4.74. The molecule has 3 aliphatic rings. The monoisotopic (exact) mass is 158 g/mol. The zero-order valence-corrected chi connectivity index (χ0v) is 7.72. The SMILES string of the molecule is CC12CC(C)(C1)c1ccccc12. The van der Waals surface area contributed by atoms with E-state index in [1.807, 2.05) is 0 Å². The van der Waals surface area contributed by atoms with Crippen molar-refractivity contribution in [2.45, 2.75) is 37.5 Å². The molecular weight excluding hydrogens is 144 g/mol. The Morgan fingerprint density at radius 1 is 0.917 bits per heavy atom. The van der Waals surface area contributed by atoms with Gasteiger partial charge >= 0.3 is 0 Å². The van der Waals surface area contributed by atoms with Crippen molar-refractivity contribution in [3.05, 3.63) is 35.4 Å². The van der Waals surface area contributed by atoms with Crippen LogP contribution in [0.5, 0.6) is 0 Å². The highest BCUT2D eigenvalue weighted by Gasteiger charge is 2.58. The van der Waals surface area contributed by atoms with Crippen molar-refractivity contribution in [3.8, 4) is 0 Å². The first kappa shape index (κ1) is 6.71. The lowest BCUT2D eigenvalue weighted by molar-refractivity contribution is 0.176. The van der Waals surface area contributed by atoms with E-state index < -0.39 is 0 Å². The summed E-state index contributed by atoms with van der Waals surface area (Å²) in [4.78, 5) is 0. The van der Waals surface area contributed by atoms with Gasteiger partial charge in [0.05, 0.1) is 0 Å². The molecular formula is C12H14. The van der Waals surface area contributed by atoms with Crippen LogP contribution < -0.4 is 0 Å². The van der Waals surface area contributed by atoms with Crippen molar-refractivity contribution in [2.75, 3.05) is 0 Å². The minimum Gasteiger partial charge on any atom is -0.0620 e. The minimum absolute atomic E-state index is 0.533. The largest absolute Gasteiger partial charge is 0.0620 e. The van der Waals surface area contributed by atoms with Crippen molar-refractivity contribution in [2.24, 2.45) is 0 Å². The van der Waals surface area contributed by atoms with Crippen molar-refractivity contribution >= 4 is 0 Å². The van der Waals surface area contributed by atoms with Crippen molar-refractivity contribution in [3.63, 3.8) is 0 Å². The van der Waals surface area contributed by atoms with Gasteiger partial charge in [-0.3, -0.25) is 0 Å². The molecule has 0 heteroatoms. The smallest absolute Gasteiger partial charge is 0.00556 e. The predicted molar refractivity (Wildman–Crippen MR) is 50.4 cm³/mol. The molecule has 4 rings (SSSR count). The molecule has 12 heavy (non-hydrogen) atoms. The Labute approximate surface area is 73.6 Å². The number of benzene rings is 1. The summed E-state index contributed by atoms with van der Waals surface area (Å²) in [6.07, 6.45) is 2.75. The van der Waals surface area contributed by atoms with E-state index in [0.717, 1.165) is 0 Å². The summed E-state index contributed by atoms with van der Waals surface area (Å²) in [5.74, 6) is 0. The molecule has 0 atom stereocenters. The topological polar surface area (TPSA) is 0 Å². The van der Waals surface area contributed by atoms with E-state index in [4.69, 9.17) is 0 Å². The quantitative estimate of drug-likeness (QED) is 0.544. The van der Waals surface area contributed by atoms with Gasteiger partial charge in [-0.1, -0.05) is 38.1 Å². The summed E-state index contributed by atoms with van der Waals surface area (Å²) < 4.78 is 0. The standard InChI is InChI=1S/C12H14/c1-11-7-12(2,8-11)10-6-4-3-5-9(10)11/h3-6H,7-8H2,1-2H3. The number of hydrogen-bond donors (Lipinski definition) is 0. The maximum absolute atomic E-state index is 2.40. The van der Waals surface area contributed by atoms with Crippen LogP contribution in [0.1, 0.15) is 37.8 Å². The van der Waals surface area contributed by atoms with Crippen LogP contribution in [0.3, 0.4) is 0 Å². The van der Waals surface area contributed by atoms with Crippen LogP contribution in [0, 0.1) is 0 Å². The molecule has 0 aliphatic heterocycles. The van der Waals surface area contributed by atoms with Gasteiger partial charge in [0, 0.05) is 0 Å². The third kappa shape index (κ3) is 0.532. The number of hydrogen-bond acceptors (Lipinski definition) is 0. The highest BCUT2D eigenvalue weighted by molar-refractivity contribution is 5.52. The lowest BCUT2D eigenvalue weighted by Gasteiger charge is -2.43. The molecule has 1 aromatic rings. The fourth-order valence-corrected chi connectivity index (χ4v) is 3.59. The third-order valence-corrected chi connectivity index (χ3v) is 3.79. The van der Waals surface area contributed by atoms with E-state index in [1.165, 1.54) is 12.8 Å². The Hall–Kier alpha value is -0.780. The van der Waals surface area contributed by atoms with Crippen molar-refractivity contribution in [1.82, 2.24) is 0 Å². The molecule has 0 radical (unpaired) electrons. The summed E-state index contributed by atoms with van der Waals surface area (Å²) in [7, 11) is 0. The molecule has 2 bridgehead atoms. The van der Waals surface area contributed by atoms with Crippen LogP contribution in [0.15, 0.2) is 24.3 Å². The summed E-state index contributed by atoms with van der Waals surface area (Å²) in [6, 6.07) is 8.98. The molecule has 0 nitrogen and oxygen atoms in total. The second kappa shape index (κ2) is 1.61. The Kier molecular flexibility index (Phi) is 0.900. The molecule has 0 amide bonds. The van der Waals surface area contributed by atoms with E-state index in [0.29, 0.717) is 10.8 Å². The first-order valence-corrected chi connectivity index (χ1v) is 4.74. The zero-order valence-electron chi connectivity index (χ0n) is 7.72. The molecule has 0 saturated heterocycles. The summed E-state index contributed by atoms with van der Waals surface area (Å²) in [5, 5.41) is 0. The molecule has 0 spiro atoms. The fraction of sp³-hybridized carbons (Fsp3) is 0.500. The summed E-state index contributed by atoms with van der Waals surface area (Å²) in [6.45, 7) is 4.81. The first-order chi connectivity index (χ1) is 5.64. The third-order valence-electron chi connectivity index (χ3n) is 3.79. The summed E-state index contributed by atoms with van der Waals surface area (Å²) in [5.41, 5.74) is 4.30. The van der Waals surface area contributed by atoms with E-state index in [2.05, 4.69) is 38.1 Å². The van der Waals surface area contributed by atoms with Crippen LogP contribution in [0.4, 0.5) is 0 Å². The second-order valence-electron chi connectivity index (χ2n) is 5.02. The molecule has 0 unspecified atom stereocenters. The maximum atomic E-state index is 2.40. The fourth-order valence-electron chi connectivity index (χ4n) is 3.59. The van der Waals surface area contributed by atoms with E-state index in [1.54, 1.807) is 11.1 Å². The average Bonchev–Trinajstić information content (AvgIpc) is 2.34. The Morgan fingerprint density at radius 3 is 1.75 bits per heavy atom. The Balaban J connectivity index is 2.31. The molecule has 0 N–H and O–H groups in total. The van der Waals surface area contributed by atoms with Crippen LogP contribution in [-0.4, -0.2) is 0 Å². The highest BCUT2D eigenvalue weighted by atomic mass is 14.6. The minimum atomic E-state index is 0.533. The van der Waals surface area contributed by atoms with Gasteiger partial charge in [-0.25, -0.2) is 0 Å². The molecule has 62 valence electrons. The molecule has 0 aromatic heterocycles. The average molecular weight is 158 g/mol. The van der Waals surface area contributed by atoms with E-state index >= 15 is 0 Å². The van der Waals surface area contributed by atoms with Crippen LogP contribution >= 0.6 is 0 Å². The number of rotatable bonds is 0. The van der Waals surface area contributed by atoms with Gasteiger partial charge in [0.1, 0.15) is 0 Å². The lowest BCUT2D eigenvalue weighted by Crippen LogP contribution is -2.39. The van der Waals surface area contributed by atoms with Crippen molar-refractivity contribution < 1.29 is 0 Å². The van der Waals surface area contributed by atoms with Gasteiger partial charge in [-0.15, -0.1) is 0 Å². The van der Waals surface area contributed by atoms with Gasteiger partial charge in [0.15, 0.2) is 0 Å².